The molecule has 0 bridgehead atoms. The van der Waals surface area contributed by atoms with Gasteiger partial charge in [0.25, 0.3) is 5.91 Å². The lowest BCUT2D eigenvalue weighted by molar-refractivity contribution is 0.0923. The predicted molar refractivity (Wildman–Crippen MR) is 62.9 cm³/mol. The fraction of sp³-hybridized carbons (Fsp3) is 0.455. The van der Waals surface area contributed by atoms with Crippen LogP contribution in [0.1, 0.15) is 40.9 Å². The smallest absolute Gasteiger partial charge is 0.270 e. The number of aryl methyl sites for hydroxylation is 3. The third-order valence-corrected chi connectivity index (χ3v) is 2.60. The zero-order valence-electron chi connectivity index (χ0n) is 10.8. The van der Waals surface area contributed by atoms with Crippen molar-refractivity contribution < 1.29 is 9.32 Å². The van der Waals surface area contributed by atoms with Gasteiger partial charge in [0, 0.05) is 7.05 Å². The molecule has 18 heavy (non-hydrogen) atoms. The highest BCUT2D eigenvalue weighted by atomic mass is 16.5. The highest BCUT2D eigenvalue weighted by Crippen LogP contribution is 2.11. The zero-order valence-corrected chi connectivity index (χ0v) is 10.8. The molecule has 0 aliphatic heterocycles. The molecule has 0 fully saturated rings. The average Bonchev–Trinajstić information content (AvgIpc) is 2.85. The molecule has 2 heterocycles. The van der Waals surface area contributed by atoms with E-state index in [1.54, 1.807) is 38.7 Å². The third-order valence-electron chi connectivity index (χ3n) is 2.60. The van der Waals surface area contributed by atoms with Gasteiger partial charge in [-0.25, -0.2) is 4.98 Å². The summed E-state index contributed by atoms with van der Waals surface area (Å²) in [5.41, 5.74) is 1.21. The maximum Gasteiger partial charge on any atom is 0.270 e. The Hall–Kier alpha value is -2.18. The average molecular weight is 249 g/mol. The second kappa shape index (κ2) is 4.59. The minimum atomic E-state index is -0.340. The van der Waals surface area contributed by atoms with Crippen LogP contribution in [0.25, 0.3) is 0 Å². The Labute approximate surface area is 104 Å². The van der Waals surface area contributed by atoms with Gasteiger partial charge in [-0.3, -0.25) is 4.79 Å². The summed E-state index contributed by atoms with van der Waals surface area (Å²) in [4.78, 5) is 20.2. The van der Waals surface area contributed by atoms with E-state index in [1.165, 1.54) is 0 Å². The minimum absolute atomic E-state index is 0.212. The lowest BCUT2D eigenvalue weighted by Crippen LogP contribution is -2.29. The highest BCUT2D eigenvalue weighted by Gasteiger charge is 2.20. The number of aromatic nitrogens is 4. The van der Waals surface area contributed by atoms with Crippen molar-refractivity contribution in [3.05, 3.63) is 29.4 Å². The number of amides is 1. The zero-order chi connectivity index (χ0) is 13.3. The molecule has 0 radical (unpaired) electrons. The van der Waals surface area contributed by atoms with Crippen molar-refractivity contribution in [2.45, 2.75) is 26.8 Å². The molecule has 2 aromatic rings. The molecule has 0 saturated carbocycles. The van der Waals surface area contributed by atoms with Gasteiger partial charge in [0.1, 0.15) is 11.7 Å². The Bertz CT molecular complexity index is 552. The Balaban J connectivity index is 2.13. The van der Waals surface area contributed by atoms with Gasteiger partial charge in [0.05, 0.1) is 12.0 Å². The summed E-state index contributed by atoms with van der Waals surface area (Å²) in [6.45, 7) is 5.31. The Kier molecular flexibility index (Phi) is 3.14. The highest BCUT2D eigenvalue weighted by molar-refractivity contribution is 5.93. The number of hydrogen-bond acceptors (Lipinski definition) is 5. The van der Waals surface area contributed by atoms with Gasteiger partial charge in [0.2, 0.25) is 5.89 Å². The van der Waals surface area contributed by atoms with Crippen LogP contribution in [-0.4, -0.2) is 25.6 Å². The Morgan fingerprint density at radius 3 is 2.72 bits per heavy atom. The fourth-order valence-electron chi connectivity index (χ4n) is 1.69. The summed E-state index contributed by atoms with van der Waals surface area (Å²) in [6, 6.07) is -0.340. The van der Waals surface area contributed by atoms with Gasteiger partial charge in [-0.15, -0.1) is 0 Å². The van der Waals surface area contributed by atoms with E-state index in [0.717, 1.165) is 0 Å². The van der Waals surface area contributed by atoms with E-state index in [0.29, 0.717) is 23.1 Å². The SMILES string of the molecule is Cc1noc(C(C)NC(=O)c2c(C)ncn2C)n1. The first-order valence-corrected chi connectivity index (χ1v) is 5.58. The molecule has 2 rings (SSSR count). The van der Waals surface area contributed by atoms with E-state index < -0.39 is 0 Å². The first-order chi connectivity index (χ1) is 8.49. The molecular weight excluding hydrogens is 234 g/mol. The van der Waals surface area contributed by atoms with Gasteiger partial charge < -0.3 is 14.4 Å². The number of nitrogens with one attached hydrogen (secondary N) is 1. The van der Waals surface area contributed by atoms with Crippen molar-refractivity contribution in [3.8, 4) is 0 Å². The Morgan fingerprint density at radius 2 is 2.22 bits per heavy atom. The molecule has 7 nitrogen and oxygen atoms in total. The minimum Gasteiger partial charge on any atom is -0.339 e. The number of carbonyl (C=O) groups is 1. The van der Waals surface area contributed by atoms with Crippen molar-refractivity contribution >= 4 is 5.91 Å². The van der Waals surface area contributed by atoms with Crippen LogP contribution in [0.15, 0.2) is 10.9 Å². The molecule has 1 atom stereocenters. The standard InChI is InChI=1S/C11H15N5O2/c1-6-9(16(4)5-12-6)10(17)13-7(2)11-14-8(3)15-18-11/h5,7H,1-4H3,(H,13,17). The first kappa shape index (κ1) is 12.3. The van der Waals surface area contributed by atoms with Crippen molar-refractivity contribution in [3.63, 3.8) is 0 Å². The summed E-state index contributed by atoms with van der Waals surface area (Å²) in [5, 5.41) is 6.49. The number of rotatable bonds is 3. The van der Waals surface area contributed by atoms with Crippen molar-refractivity contribution in [2.75, 3.05) is 0 Å². The summed E-state index contributed by atoms with van der Waals surface area (Å²) in [7, 11) is 1.77. The summed E-state index contributed by atoms with van der Waals surface area (Å²) >= 11 is 0. The van der Waals surface area contributed by atoms with Gasteiger partial charge in [-0.2, -0.15) is 4.98 Å². The van der Waals surface area contributed by atoms with Crippen LogP contribution in [0.5, 0.6) is 0 Å². The van der Waals surface area contributed by atoms with E-state index >= 15 is 0 Å². The second-order valence-corrected chi connectivity index (χ2v) is 4.16. The normalized spacial score (nSPS) is 12.4. The van der Waals surface area contributed by atoms with Gasteiger partial charge in [-0.05, 0) is 20.8 Å². The Morgan fingerprint density at radius 1 is 1.50 bits per heavy atom. The molecule has 1 amide bonds. The van der Waals surface area contributed by atoms with Crippen molar-refractivity contribution in [1.82, 2.24) is 25.0 Å². The quantitative estimate of drug-likeness (QED) is 0.873. The molecule has 1 unspecified atom stereocenters. The van der Waals surface area contributed by atoms with Gasteiger partial charge in [-0.1, -0.05) is 5.16 Å². The van der Waals surface area contributed by atoms with Crippen LogP contribution in [-0.2, 0) is 7.05 Å². The van der Waals surface area contributed by atoms with E-state index in [-0.39, 0.29) is 11.9 Å². The fourth-order valence-corrected chi connectivity index (χ4v) is 1.69. The summed E-state index contributed by atoms with van der Waals surface area (Å²) in [5.74, 6) is 0.722. The summed E-state index contributed by atoms with van der Waals surface area (Å²) < 4.78 is 6.68. The molecule has 0 spiro atoms. The summed E-state index contributed by atoms with van der Waals surface area (Å²) in [6.07, 6.45) is 1.60. The number of nitrogens with zero attached hydrogens (tertiary/aromatic N) is 4. The van der Waals surface area contributed by atoms with Crippen LogP contribution >= 0.6 is 0 Å². The molecule has 0 saturated heterocycles. The largest absolute Gasteiger partial charge is 0.339 e. The van der Waals surface area contributed by atoms with Crippen LogP contribution in [0, 0.1) is 13.8 Å². The molecular formula is C11H15N5O2. The van der Waals surface area contributed by atoms with Crippen LogP contribution in [0.4, 0.5) is 0 Å². The van der Waals surface area contributed by atoms with Crippen molar-refractivity contribution in [1.29, 1.82) is 0 Å². The number of hydrogen-bond donors (Lipinski definition) is 1. The lowest BCUT2D eigenvalue weighted by Gasteiger charge is -2.10. The lowest BCUT2D eigenvalue weighted by atomic mass is 10.2. The molecule has 2 aromatic heterocycles. The molecule has 1 N–H and O–H groups in total. The molecule has 0 aromatic carbocycles. The monoisotopic (exact) mass is 249 g/mol. The first-order valence-electron chi connectivity index (χ1n) is 5.58. The molecule has 0 aliphatic rings. The van der Waals surface area contributed by atoms with Crippen LogP contribution in [0.2, 0.25) is 0 Å². The van der Waals surface area contributed by atoms with E-state index in [2.05, 4.69) is 20.4 Å². The van der Waals surface area contributed by atoms with Crippen molar-refractivity contribution in [2.24, 2.45) is 7.05 Å². The number of carbonyl (C=O) groups excluding carboxylic acids is 1. The van der Waals surface area contributed by atoms with Crippen LogP contribution < -0.4 is 5.32 Å². The predicted octanol–water partition coefficient (Wildman–Crippen LogP) is 0.911. The second-order valence-electron chi connectivity index (χ2n) is 4.16. The van der Waals surface area contributed by atoms with Gasteiger partial charge in [0.15, 0.2) is 5.82 Å². The maximum atomic E-state index is 12.1. The molecule has 7 heteroatoms. The number of imidazole rings is 1. The topological polar surface area (TPSA) is 85.8 Å². The molecule has 96 valence electrons. The van der Waals surface area contributed by atoms with E-state index in [9.17, 15) is 4.79 Å². The maximum absolute atomic E-state index is 12.1. The van der Waals surface area contributed by atoms with Crippen LogP contribution in [0.3, 0.4) is 0 Å². The molecule has 0 aliphatic carbocycles. The van der Waals surface area contributed by atoms with Gasteiger partial charge >= 0.3 is 0 Å². The van der Waals surface area contributed by atoms with E-state index in [1.807, 2.05) is 0 Å². The van der Waals surface area contributed by atoms with E-state index in [4.69, 9.17) is 4.52 Å². The third kappa shape index (κ3) is 2.24.